The number of amides is 1. The van der Waals surface area contributed by atoms with Gasteiger partial charge in [-0.3, -0.25) is 9.69 Å². The molecule has 1 aliphatic rings. The minimum absolute atomic E-state index is 0.0546. The molecule has 1 fully saturated rings. The summed E-state index contributed by atoms with van der Waals surface area (Å²) in [5, 5.41) is 6.31. The van der Waals surface area contributed by atoms with Gasteiger partial charge in [0.15, 0.2) is 0 Å². The number of hydrogen-bond donors (Lipinski definition) is 2. The standard InChI is InChI=1S/C16H31N3O2/c1-13(2)5-9-19-10-6-15(7-11-19)18-14(3)16(20)17-8-12-21-4/h5,14-15,18H,6-12H2,1-4H3,(H,17,20). The molecule has 0 bridgehead atoms. The van der Waals surface area contributed by atoms with E-state index >= 15 is 0 Å². The van der Waals surface area contributed by atoms with Gasteiger partial charge < -0.3 is 15.4 Å². The van der Waals surface area contributed by atoms with Crippen molar-refractivity contribution in [2.45, 2.75) is 45.7 Å². The highest BCUT2D eigenvalue weighted by Crippen LogP contribution is 2.11. The fourth-order valence-corrected chi connectivity index (χ4v) is 2.45. The van der Waals surface area contributed by atoms with Crippen molar-refractivity contribution in [2.75, 3.05) is 39.9 Å². The molecule has 5 heteroatoms. The van der Waals surface area contributed by atoms with Crippen molar-refractivity contribution in [3.63, 3.8) is 0 Å². The summed E-state index contributed by atoms with van der Waals surface area (Å²) in [6.45, 7) is 10.6. The van der Waals surface area contributed by atoms with E-state index in [4.69, 9.17) is 4.74 Å². The van der Waals surface area contributed by atoms with Crippen LogP contribution in [0.5, 0.6) is 0 Å². The lowest BCUT2D eigenvalue weighted by molar-refractivity contribution is -0.123. The Morgan fingerprint density at radius 2 is 2.05 bits per heavy atom. The second-order valence-corrected chi connectivity index (χ2v) is 6.03. The zero-order chi connectivity index (χ0) is 15.7. The number of likely N-dealkylation sites (tertiary alicyclic amines) is 1. The summed E-state index contributed by atoms with van der Waals surface area (Å²) in [7, 11) is 1.64. The molecule has 0 spiro atoms. The van der Waals surface area contributed by atoms with Crippen LogP contribution in [0.15, 0.2) is 11.6 Å². The van der Waals surface area contributed by atoms with E-state index in [1.54, 1.807) is 7.11 Å². The largest absolute Gasteiger partial charge is 0.383 e. The van der Waals surface area contributed by atoms with Crippen LogP contribution in [0.25, 0.3) is 0 Å². The quantitative estimate of drug-likeness (QED) is 0.521. The van der Waals surface area contributed by atoms with Gasteiger partial charge in [0.2, 0.25) is 5.91 Å². The van der Waals surface area contributed by atoms with Gasteiger partial charge in [0.1, 0.15) is 0 Å². The van der Waals surface area contributed by atoms with Crippen LogP contribution < -0.4 is 10.6 Å². The van der Waals surface area contributed by atoms with E-state index in [0.717, 1.165) is 32.5 Å². The first kappa shape index (κ1) is 18.1. The maximum absolute atomic E-state index is 11.9. The summed E-state index contributed by atoms with van der Waals surface area (Å²) >= 11 is 0. The van der Waals surface area contributed by atoms with E-state index in [2.05, 4.69) is 35.5 Å². The molecular formula is C16H31N3O2. The van der Waals surface area contributed by atoms with Gasteiger partial charge in [0.05, 0.1) is 12.6 Å². The van der Waals surface area contributed by atoms with E-state index in [1.807, 2.05) is 6.92 Å². The molecule has 0 radical (unpaired) electrons. The summed E-state index contributed by atoms with van der Waals surface area (Å²) in [6, 6.07) is 0.298. The van der Waals surface area contributed by atoms with Crippen molar-refractivity contribution in [3.05, 3.63) is 11.6 Å². The van der Waals surface area contributed by atoms with Gasteiger partial charge in [-0.2, -0.15) is 0 Å². The van der Waals surface area contributed by atoms with E-state index in [1.165, 1.54) is 5.57 Å². The van der Waals surface area contributed by atoms with Gasteiger partial charge in [0.25, 0.3) is 0 Å². The fourth-order valence-electron chi connectivity index (χ4n) is 2.45. The normalized spacial score (nSPS) is 18.3. The Hall–Kier alpha value is -0.910. The van der Waals surface area contributed by atoms with E-state index < -0.39 is 0 Å². The van der Waals surface area contributed by atoms with Crippen molar-refractivity contribution in [1.82, 2.24) is 15.5 Å². The van der Waals surface area contributed by atoms with E-state index in [-0.39, 0.29) is 11.9 Å². The minimum atomic E-state index is -0.142. The smallest absolute Gasteiger partial charge is 0.236 e. The molecule has 0 aromatic rings. The predicted octanol–water partition coefficient (Wildman–Crippen LogP) is 1.16. The SMILES string of the molecule is COCCNC(=O)C(C)NC1CCN(CC=C(C)C)CC1. The van der Waals surface area contributed by atoms with Crippen LogP contribution in [0.3, 0.4) is 0 Å². The van der Waals surface area contributed by atoms with Gasteiger partial charge in [-0.1, -0.05) is 11.6 Å². The molecule has 5 nitrogen and oxygen atoms in total. The number of nitrogens with one attached hydrogen (secondary N) is 2. The number of nitrogens with zero attached hydrogens (tertiary/aromatic N) is 1. The van der Waals surface area contributed by atoms with Crippen LogP contribution in [-0.4, -0.2) is 62.8 Å². The number of methoxy groups -OCH3 is 1. The van der Waals surface area contributed by atoms with Gasteiger partial charge >= 0.3 is 0 Å². The highest BCUT2D eigenvalue weighted by atomic mass is 16.5. The molecule has 122 valence electrons. The van der Waals surface area contributed by atoms with Crippen LogP contribution in [0.1, 0.15) is 33.6 Å². The van der Waals surface area contributed by atoms with Gasteiger partial charge in [-0.05, 0) is 46.7 Å². The van der Waals surface area contributed by atoms with E-state index in [0.29, 0.717) is 19.2 Å². The maximum Gasteiger partial charge on any atom is 0.236 e. The first-order valence-electron chi connectivity index (χ1n) is 7.91. The van der Waals surface area contributed by atoms with Crippen LogP contribution >= 0.6 is 0 Å². The third-order valence-corrected chi connectivity index (χ3v) is 3.83. The zero-order valence-corrected chi connectivity index (χ0v) is 13.9. The zero-order valence-electron chi connectivity index (χ0n) is 13.9. The number of hydrogen-bond acceptors (Lipinski definition) is 4. The Morgan fingerprint density at radius 1 is 1.38 bits per heavy atom. The monoisotopic (exact) mass is 297 g/mol. The second kappa shape index (κ2) is 9.92. The molecular weight excluding hydrogens is 266 g/mol. The average Bonchev–Trinajstić information content (AvgIpc) is 2.46. The first-order valence-corrected chi connectivity index (χ1v) is 7.91. The number of carbonyl (C=O) groups is 1. The molecule has 1 rings (SSSR count). The Kier molecular flexibility index (Phi) is 8.57. The predicted molar refractivity (Wildman–Crippen MR) is 86.4 cm³/mol. The average molecular weight is 297 g/mol. The molecule has 1 atom stereocenters. The van der Waals surface area contributed by atoms with Crippen LogP contribution in [0.4, 0.5) is 0 Å². The summed E-state index contributed by atoms with van der Waals surface area (Å²) in [6.07, 6.45) is 4.48. The summed E-state index contributed by atoms with van der Waals surface area (Å²) in [4.78, 5) is 14.4. The first-order chi connectivity index (χ1) is 10.0. The molecule has 2 N–H and O–H groups in total. The molecule has 0 aliphatic carbocycles. The Bertz CT molecular complexity index is 332. The van der Waals surface area contributed by atoms with Crippen molar-refractivity contribution in [1.29, 1.82) is 0 Å². The third kappa shape index (κ3) is 7.60. The summed E-state index contributed by atoms with van der Waals surface area (Å²) in [5.74, 6) is 0.0546. The Morgan fingerprint density at radius 3 is 2.62 bits per heavy atom. The molecule has 1 saturated heterocycles. The number of rotatable bonds is 8. The molecule has 1 heterocycles. The lowest BCUT2D eigenvalue weighted by atomic mass is 10.0. The molecule has 1 aliphatic heterocycles. The number of ether oxygens (including phenoxy) is 1. The Labute approximate surface area is 129 Å². The molecule has 0 aromatic carbocycles. The highest BCUT2D eigenvalue weighted by molar-refractivity contribution is 5.81. The second-order valence-electron chi connectivity index (χ2n) is 6.03. The van der Waals surface area contributed by atoms with Crippen LogP contribution in [0.2, 0.25) is 0 Å². The minimum Gasteiger partial charge on any atom is -0.383 e. The van der Waals surface area contributed by atoms with Crippen molar-refractivity contribution in [2.24, 2.45) is 0 Å². The molecule has 1 amide bonds. The van der Waals surface area contributed by atoms with Crippen LogP contribution in [-0.2, 0) is 9.53 Å². The molecule has 21 heavy (non-hydrogen) atoms. The third-order valence-electron chi connectivity index (χ3n) is 3.83. The highest BCUT2D eigenvalue weighted by Gasteiger charge is 2.22. The van der Waals surface area contributed by atoms with Crippen molar-refractivity contribution < 1.29 is 9.53 Å². The van der Waals surface area contributed by atoms with Gasteiger partial charge in [0, 0.05) is 26.2 Å². The topological polar surface area (TPSA) is 53.6 Å². The summed E-state index contributed by atoms with van der Waals surface area (Å²) in [5.41, 5.74) is 1.37. The van der Waals surface area contributed by atoms with Crippen molar-refractivity contribution in [3.8, 4) is 0 Å². The Balaban J connectivity index is 2.22. The molecule has 1 unspecified atom stereocenters. The number of allylic oxidation sites excluding steroid dienone is 1. The lowest BCUT2D eigenvalue weighted by Gasteiger charge is -2.33. The fraction of sp³-hybridized carbons (Fsp3) is 0.812. The molecule has 0 saturated carbocycles. The van der Waals surface area contributed by atoms with E-state index in [9.17, 15) is 4.79 Å². The summed E-state index contributed by atoms with van der Waals surface area (Å²) < 4.78 is 4.93. The molecule has 0 aromatic heterocycles. The van der Waals surface area contributed by atoms with Gasteiger partial charge in [-0.25, -0.2) is 0 Å². The number of piperidine rings is 1. The van der Waals surface area contributed by atoms with Crippen molar-refractivity contribution >= 4 is 5.91 Å². The number of carbonyl (C=O) groups excluding carboxylic acids is 1. The van der Waals surface area contributed by atoms with Crippen LogP contribution in [0, 0.1) is 0 Å². The lowest BCUT2D eigenvalue weighted by Crippen LogP contribution is -2.50. The van der Waals surface area contributed by atoms with Gasteiger partial charge in [-0.15, -0.1) is 0 Å². The maximum atomic E-state index is 11.9.